The number of hydrogen-bond donors (Lipinski definition) is 1. The summed E-state index contributed by atoms with van der Waals surface area (Å²) in [5.41, 5.74) is 0.442. The van der Waals surface area contributed by atoms with Crippen molar-refractivity contribution in [3.63, 3.8) is 0 Å². The lowest BCUT2D eigenvalue weighted by atomic mass is 10.2. The predicted molar refractivity (Wildman–Crippen MR) is 79.4 cm³/mol. The first-order valence-corrected chi connectivity index (χ1v) is 8.78. The summed E-state index contributed by atoms with van der Waals surface area (Å²) in [6.45, 7) is 6.90. The minimum absolute atomic E-state index is 0.198. The van der Waals surface area contributed by atoms with Gasteiger partial charge in [0, 0.05) is 19.1 Å². The summed E-state index contributed by atoms with van der Waals surface area (Å²) in [4.78, 5) is 6.04. The number of nitrogens with zero attached hydrogens (tertiary/aromatic N) is 2. The molecule has 8 heteroatoms. The lowest BCUT2D eigenvalue weighted by molar-refractivity contribution is 0.256. The van der Waals surface area contributed by atoms with Gasteiger partial charge in [-0.05, 0) is 27.3 Å². The molecule has 0 saturated heterocycles. The Morgan fingerprint density at radius 2 is 2.16 bits per heavy atom. The van der Waals surface area contributed by atoms with Gasteiger partial charge < -0.3 is 4.90 Å². The molecule has 1 unspecified atom stereocenters. The first kappa shape index (κ1) is 16.8. The summed E-state index contributed by atoms with van der Waals surface area (Å²) in [6.07, 6.45) is 1.03. The van der Waals surface area contributed by atoms with Crippen molar-refractivity contribution >= 4 is 33.0 Å². The zero-order chi connectivity index (χ0) is 14.6. The van der Waals surface area contributed by atoms with Crippen LogP contribution in [0.3, 0.4) is 0 Å². The maximum atomic E-state index is 12.1. The normalized spacial score (nSPS) is 14.0. The lowest BCUT2D eigenvalue weighted by Crippen LogP contribution is -2.37. The highest BCUT2D eigenvalue weighted by Crippen LogP contribution is 2.26. The molecule has 1 aromatic heterocycles. The molecule has 0 aromatic carbocycles. The molecule has 0 amide bonds. The van der Waals surface area contributed by atoms with E-state index in [-0.39, 0.29) is 8.68 Å². The fraction of sp³-hybridized carbons (Fsp3) is 0.727. The zero-order valence-corrected chi connectivity index (χ0v) is 14.0. The molecular weight excluding hydrogens is 306 g/mol. The van der Waals surface area contributed by atoms with Gasteiger partial charge in [-0.15, -0.1) is 0 Å². The maximum absolute atomic E-state index is 12.1. The molecule has 110 valence electrons. The monoisotopic (exact) mass is 325 g/mol. The molecular formula is C11H20ClN3O2S2. The molecule has 0 radical (unpaired) electrons. The Bertz CT molecular complexity index is 516. The standard InChI is InChI=1S/C11H20ClN3O2S2/c1-5-8(2)15(4)7-6-13-19(16,17)10-9(3)14-11(12)18-10/h8,13H,5-7H2,1-4H3. The summed E-state index contributed by atoms with van der Waals surface area (Å²) in [5.74, 6) is 0. The van der Waals surface area contributed by atoms with E-state index in [1.165, 1.54) is 0 Å². The second-order valence-corrected chi connectivity index (χ2v) is 8.02. The van der Waals surface area contributed by atoms with Gasteiger partial charge in [0.2, 0.25) is 0 Å². The number of halogens is 1. The molecule has 1 heterocycles. The van der Waals surface area contributed by atoms with Crippen LogP contribution in [-0.2, 0) is 10.0 Å². The predicted octanol–water partition coefficient (Wildman–Crippen LogP) is 2.11. The van der Waals surface area contributed by atoms with E-state index in [0.29, 0.717) is 24.8 Å². The van der Waals surface area contributed by atoms with Gasteiger partial charge >= 0.3 is 0 Å². The molecule has 1 N–H and O–H groups in total. The van der Waals surface area contributed by atoms with Gasteiger partial charge in [0.05, 0.1) is 5.69 Å². The Morgan fingerprint density at radius 3 is 2.63 bits per heavy atom. The summed E-state index contributed by atoms with van der Waals surface area (Å²) in [7, 11) is -1.52. The van der Waals surface area contributed by atoms with Gasteiger partial charge in [-0.2, -0.15) is 0 Å². The third-order valence-electron chi connectivity index (χ3n) is 3.07. The van der Waals surface area contributed by atoms with Crippen molar-refractivity contribution < 1.29 is 8.42 Å². The first-order valence-electron chi connectivity index (χ1n) is 6.10. The summed E-state index contributed by atoms with van der Waals surface area (Å²) in [5, 5.41) is 0. The number of nitrogens with one attached hydrogen (secondary N) is 1. The van der Waals surface area contributed by atoms with Gasteiger partial charge in [-0.25, -0.2) is 18.1 Å². The van der Waals surface area contributed by atoms with Crippen LogP contribution < -0.4 is 4.72 Å². The molecule has 1 atom stereocenters. The number of thiazole rings is 1. The number of hydrogen-bond acceptors (Lipinski definition) is 5. The summed E-state index contributed by atoms with van der Waals surface area (Å²) in [6, 6.07) is 0.434. The molecule has 0 bridgehead atoms. The molecule has 1 rings (SSSR count). The molecule has 5 nitrogen and oxygen atoms in total. The van der Waals surface area contributed by atoms with Crippen LogP contribution in [0.1, 0.15) is 26.0 Å². The van der Waals surface area contributed by atoms with Gasteiger partial charge in [-0.3, -0.25) is 0 Å². The Balaban J connectivity index is 2.60. The number of aromatic nitrogens is 1. The Kier molecular flexibility index (Phi) is 6.19. The lowest BCUT2D eigenvalue weighted by Gasteiger charge is -2.23. The highest BCUT2D eigenvalue weighted by Gasteiger charge is 2.21. The van der Waals surface area contributed by atoms with Gasteiger partial charge in [0.15, 0.2) is 8.68 Å². The molecule has 1 aromatic rings. The van der Waals surface area contributed by atoms with Crippen molar-refractivity contribution in [3.8, 4) is 0 Å². The highest BCUT2D eigenvalue weighted by atomic mass is 35.5. The van der Waals surface area contributed by atoms with Gasteiger partial charge in [-0.1, -0.05) is 29.9 Å². The summed E-state index contributed by atoms with van der Waals surface area (Å²) < 4.78 is 27.2. The van der Waals surface area contributed by atoms with Crippen LogP contribution in [-0.4, -0.2) is 44.5 Å². The molecule has 19 heavy (non-hydrogen) atoms. The molecule has 0 aliphatic carbocycles. The second kappa shape index (κ2) is 6.99. The highest BCUT2D eigenvalue weighted by molar-refractivity contribution is 7.91. The van der Waals surface area contributed by atoms with E-state index in [1.54, 1.807) is 6.92 Å². The van der Waals surface area contributed by atoms with Crippen LogP contribution >= 0.6 is 22.9 Å². The van der Waals surface area contributed by atoms with E-state index in [4.69, 9.17) is 11.6 Å². The number of likely N-dealkylation sites (N-methyl/N-ethyl adjacent to an activating group) is 1. The van der Waals surface area contributed by atoms with Crippen LogP contribution in [0.2, 0.25) is 4.47 Å². The van der Waals surface area contributed by atoms with Crippen LogP contribution in [0.15, 0.2) is 4.21 Å². The smallest absolute Gasteiger partial charge is 0.252 e. The van der Waals surface area contributed by atoms with Crippen LogP contribution in [0, 0.1) is 6.92 Å². The van der Waals surface area contributed by atoms with E-state index in [1.807, 2.05) is 7.05 Å². The van der Waals surface area contributed by atoms with E-state index >= 15 is 0 Å². The summed E-state index contributed by atoms with van der Waals surface area (Å²) >= 11 is 6.70. The van der Waals surface area contributed by atoms with E-state index in [9.17, 15) is 8.42 Å². The van der Waals surface area contributed by atoms with Crippen molar-refractivity contribution in [2.75, 3.05) is 20.1 Å². The Morgan fingerprint density at radius 1 is 1.53 bits per heavy atom. The van der Waals surface area contributed by atoms with Crippen LogP contribution in [0.25, 0.3) is 0 Å². The molecule has 0 saturated carbocycles. The van der Waals surface area contributed by atoms with Gasteiger partial charge in [0.1, 0.15) is 0 Å². The number of aryl methyl sites for hydroxylation is 1. The largest absolute Gasteiger partial charge is 0.302 e. The maximum Gasteiger partial charge on any atom is 0.252 e. The van der Waals surface area contributed by atoms with E-state index in [0.717, 1.165) is 17.8 Å². The van der Waals surface area contributed by atoms with Crippen molar-refractivity contribution in [1.82, 2.24) is 14.6 Å². The Hall–Kier alpha value is -0.210. The van der Waals surface area contributed by atoms with Crippen LogP contribution in [0.5, 0.6) is 0 Å². The topological polar surface area (TPSA) is 62.3 Å². The van der Waals surface area contributed by atoms with Crippen molar-refractivity contribution in [3.05, 3.63) is 10.2 Å². The number of sulfonamides is 1. The average molecular weight is 326 g/mol. The zero-order valence-electron chi connectivity index (χ0n) is 11.6. The first-order chi connectivity index (χ1) is 8.77. The third-order valence-corrected chi connectivity index (χ3v) is 6.40. The minimum atomic E-state index is -3.50. The van der Waals surface area contributed by atoms with Crippen molar-refractivity contribution in [2.45, 2.75) is 37.4 Å². The van der Waals surface area contributed by atoms with E-state index < -0.39 is 10.0 Å². The molecule has 0 spiro atoms. The van der Waals surface area contributed by atoms with Crippen molar-refractivity contribution in [1.29, 1.82) is 0 Å². The second-order valence-electron chi connectivity index (χ2n) is 4.48. The van der Waals surface area contributed by atoms with Crippen molar-refractivity contribution in [2.24, 2.45) is 0 Å². The molecule has 0 fully saturated rings. The fourth-order valence-electron chi connectivity index (χ4n) is 1.55. The SMILES string of the molecule is CCC(C)N(C)CCNS(=O)(=O)c1sc(Cl)nc1C. The minimum Gasteiger partial charge on any atom is -0.302 e. The van der Waals surface area contributed by atoms with Crippen LogP contribution in [0.4, 0.5) is 0 Å². The van der Waals surface area contributed by atoms with E-state index in [2.05, 4.69) is 28.5 Å². The van der Waals surface area contributed by atoms with Gasteiger partial charge in [0.25, 0.3) is 10.0 Å². The third kappa shape index (κ3) is 4.68. The quantitative estimate of drug-likeness (QED) is 0.834. The molecule has 0 aliphatic rings. The molecule has 0 aliphatic heterocycles. The Labute approximate surface area is 124 Å². The number of rotatable bonds is 7. The fourth-order valence-corrected chi connectivity index (χ4v) is 4.36. The average Bonchev–Trinajstić information content (AvgIpc) is 2.67.